The van der Waals surface area contributed by atoms with E-state index in [2.05, 4.69) is 26.0 Å². The van der Waals surface area contributed by atoms with E-state index in [9.17, 15) is 26.4 Å². The molecule has 2 rings (SSSR count). The lowest BCUT2D eigenvalue weighted by molar-refractivity contribution is -0.145. The third-order valence-corrected chi connectivity index (χ3v) is 4.47. The molecule has 1 aromatic heterocycles. The highest BCUT2D eigenvalue weighted by atomic mass is 79.9. The molecular formula is C12H7BrF3N5O3S. The molecule has 0 saturated carbocycles. The van der Waals surface area contributed by atoms with Crippen LogP contribution in [0.3, 0.4) is 0 Å². The van der Waals surface area contributed by atoms with Gasteiger partial charge in [0.2, 0.25) is 0 Å². The zero-order chi connectivity index (χ0) is 18.8. The summed E-state index contributed by atoms with van der Waals surface area (Å²) in [5.74, 6) is -2.58. The summed E-state index contributed by atoms with van der Waals surface area (Å²) in [5.41, 5.74) is 0.0355. The second-order valence-corrected chi connectivity index (χ2v) is 7.18. The van der Waals surface area contributed by atoms with Crippen molar-refractivity contribution < 1.29 is 26.4 Å². The first-order valence-electron chi connectivity index (χ1n) is 6.24. The Morgan fingerprint density at radius 1 is 1.36 bits per heavy atom. The van der Waals surface area contributed by atoms with Crippen LogP contribution in [-0.4, -0.2) is 29.1 Å². The Kier molecular flexibility index (Phi) is 5.14. The van der Waals surface area contributed by atoms with Crippen LogP contribution in [0.15, 0.2) is 33.9 Å². The second-order valence-electron chi connectivity index (χ2n) is 4.58. The molecule has 0 radical (unpaired) electrons. The molecule has 0 saturated heterocycles. The molecule has 0 aliphatic rings. The van der Waals surface area contributed by atoms with Crippen LogP contribution >= 0.6 is 15.9 Å². The van der Waals surface area contributed by atoms with Crippen LogP contribution < -0.4 is 4.72 Å². The number of carbonyl (C=O) groups excluding carboxylic acids is 1. The minimum Gasteiger partial charge on any atom is -0.272 e. The number of nitriles is 1. The highest BCUT2D eigenvalue weighted by Gasteiger charge is 2.36. The maximum Gasteiger partial charge on any atom is 0.453 e. The highest BCUT2D eigenvalue weighted by molar-refractivity contribution is 9.10. The average Bonchev–Trinajstić information content (AvgIpc) is 2.94. The Labute approximate surface area is 147 Å². The lowest BCUT2D eigenvalue weighted by atomic mass is 10.2. The van der Waals surface area contributed by atoms with Crippen molar-refractivity contribution in [1.82, 2.24) is 19.5 Å². The van der Waals surface area contributed by atoms with Gasteiger partial charge in [-0.25, -0.2) is 22.8 Å². The normalized spacial score (nSPS) is 11.8. The van der Waals surface area contributed by atoms with Gasteiger partial charge in [0.1, 0.15) is 12.9 Å². The highest BCUT2D eigenvalue weighted by Crippen LogP contribution is 2.25. The van der Waals surface area contributed by atoms with Crippen LogP contribution in [0.2, 0.25) is 0 Å². The maximum absolute atomic E-state index is 12.4. The third kappa shape index (κ3) is 4.77. The quantitative estimate of drug-likeness (QED) is 0.772. The average molecular weight is 438 g/mol. The Morgan fingerprint density at radius 3 is 2.60 bits per heavy atom. The number of sulfonamides is 1. The number of hydrogen-bond donors (Lipinski definition) is 1. The molecule has 0 atom stereocenters. The Balaban J connectivity index is 2.15. The molecule has 0 aliphatic heterocycles. The van der Waals surface area contributed by atoms with Crippen molar-refractivity contribution >= 4 is 31.9 Å². The fraction of sp³-hybridized carbons (Fsp3) is 0.167. The van der Waals surface area contributed by atoms with E-state index >= 15 is 0 Å². The molecule has 2 aromatic rings. The van der Waals surface area contributed by atoms with Crippen molar-refractivity contribution in [2.45, 2.75) is 17.6 Å². The molecule has 1 aromatic carbocycles. The van der Waals surface area contributed by atoms with Gasteiger partial charge in [0.05, 0.1) is 16.5 Å². The van der Waals surface area contributed by atoms with Gasteiger partial charge in [-0.2, -0.15) is 18.4 Å². The fourth-order valence-electron chi connectivity index (χ4n) is 1.67. The molecule has 1 heterocycles. The van der Waals surface area contributed by atoms with Gasteiger partial charge in [0, 0.05) is 4.47 Å². The number of rotatable bonds is 4. The fourth-order valence-corrected chi connectivity index (χ4v) is 3.36. The van der Waals surface area contributed by atoms with Crippen LogP contribution in [0.1, 0.15) is 11.4 Å². The summed E-state index contributed by atoms with van der Waals surface area (Å²) >= 11 is 3.03. The van der Waals surface area contributed by atoms with Crippen molar-refractivity contribution in [3.8, 4) is 6.07 Å². The third-order valence-electron chi connectivity index (χ3n) is 2.65. The van der Waals surface area contributed by atoms with Crippen LogP contribution in [0.5, 0.6) is 0 Å². The number of benzene rings is 1. The summed E-state index contributed by atoms with van der Waals surface area (Å²) in [5, 5.41) is 11.9. The zero-order valence-electron chi connectivity index (χ0n) is 12.0. The van der Waals surface area contributed by atoms with Crippen molar-refractivity contribution in [3.05, 3.63) is 40.4 Å². The first kappa shape index (κ1) is 18.9. The summed E-state index contributed by atoms with van der Waals surface area (Å²) in [7, 11) is -4.32. The van der Waals surface area contributed by atoms with Gasteiger partial charge in [0.15, 0.2) is 0 Å². The van der Waals surface area contributed by atoms with Gasteiger partial charge < -0.3 is 0 Å². The van der Waals surface area contributed by atoms with Gasteiger partial charge in [0.25, 0.3) is 21.8 Å². The standard InChI is InChI=1S/C12H7BrF3N5O3S/c13-8-1-7(4-17)2-9(3-8)25(23,24)20-10(22)5-21-6-18-11(19-21)12(14,15)16/h1-3,6H,5H2,(H,20,22). The van der Waals surface area contributed by atoms with E-state index in [0.717, 1.165) is 12.1 Å². The molecule has 0 fully saturated rings. The Hall–Kier alpha value is -2.46. The van der Waals surface area contributed by atoms with Crippen LogP contribution in [-0.2, 0) is 27.5 Å². The molecule has 0 aliphatic carbocycles. The number of aromatic nitrogens is 3. The Bertz CT molecular complexity index is 965. The summed E-state index contributed by atoms with van der Waals surface area (Å²) < 4.78 is 63.9. The van der Waals surface area contributed by atoms with Gasteiger partial charge in [-0.15, -0.1) is 5.10 Å². The largest absolute Gasteiger partial charge is 0.453 e. The molecule has 132 valence electrons. The zero-order valence-corrected chi connectivity index (χ0v) is 14.4. The lowest BCUT2D eigenvalue weighted by Crippen LogP contribution is -2.33. The maximum atomic E-state index is 12.4. The SMILES string of the molecule is N#Cc1cc(Br)cc(S(=O)(=O)NC(=O)Cn2cnc(C(F)(F)F)n2)c1. The van der Waals surface area contributed by atoms with Gasteiger partial charge >= 0.3 is 6.18 Å². The number of carbonyl (C=O) groups is 1. The van der Waals surface area contributed by atoms with Gasteiger partial charge in [-0.05, 0) is 18.2 Å². The van der Waals surface area contributed by atoms with E-state index in [-0.39, 0.29) is 10.5 Å². The topological polar surface area (TPSA) is 118 Å². The number of nitrogens with one attached hydrogen (secondary N) is 1. The van der Waals surface area contributed by atoms with Crippen LogP contribution in [0.25, 0.3) is 0 Å². The minimum atomic E-state index is -4.78. The number of alkyl halides is 3. The van der Waals surface area contributed by atoms with E-state index < -0.39 is 34.5 Å². The van der Waals surface area contributed by atoms with Gasteiger partial charge in [-0.3, -0.25) is 4.79 Å². The van der Waals surface area contributed by atoms with E-state index in [1.807, 2.05) is 0 Å². The monoisotopic (exact) mass is 437 g/mol. The molecule has 0 bridgehead atoms. The number of hydrogen-bond acceptors (Lipinski definition) is 6. The number of nitrogens with zero attached hydrogens (tertiary/aromatic N) is 4. The minimum absolute atomic E-state index is 0.0355. The van der Waals surface area contributed by atoms with Crippen molar-refractivity contribution in [3.63, 3.8) is 0 Å². The summed E-state index contributed by atoms with van der Waals surface area (Å²) in [6.45, 7) is -0.790. The molecule has 25 heavy (non-hydrogen) atoms. The molecule has 0 unspecified atom stereocenters. The van der Waals surface area contributed by atoms with Gasteiger partial charge in [-0.1, -0.05) is 15.9 Å². The predicted octanol–water partition coefficient (Wildman–Crippen LogP) is 1.44. The summed E-state index contributed by atoms with van der Waals surface area (Å²) in [6.07, 6.45) is -4.13. The van der Waals surface area contributed by atoms with Crippen LogP contribution in [0.4, 0.5) is 13.2 Å². The van der Waals surface area contributed by atoms with Crippen molar-refractivity contribution in [1.29, 1.82) is 5.26 Å². The van der Waals surface area contributed by atoms with E-state index in [4.69, 9.17) is 5.26 Å². The summed E-state index contributed by atoms with van der Waals surface area (Å²) in [6, 6.07) is 5.32. The molecule has 1 N–H and O–H groups in total. The van der Waals surface area contributed by atoms with E-state index in [0.29, 0.717) is 15.5 Å². The number of halogens is 4. The van der Waals surface area contributed by atoms with Crippen molar-refractivity contribution in [2.75, 3.05) is 0 Å². The first-order chi connectivity index (χ1) is 11.5. The molecule has 13 heteroatoms. The van der Waals surface area contributed by atoms with E-state index in [1.54, 1.807) is 10.8 Å². The van der Waals surface area contributed by atoms with E-state index in [1.165, 1.54) is 6.07 Å². The smallest absolute Gasteiger partial charge is 0.272 e. The summed E-state index contributed by atoms with van der Waals surface area (Å²) in [4.78, 5) is 14.4. The molecule has 1 amide bonds. The molecule has 8 nitrogen and oxygen atoms in total. The number of amides is 1. The lowest BCUT2D eigenvalue weighted by Gasteiger charge is -2.08. The van der Waals surface area contributed by atoms with Crippen molar-refractivity contribution in [2.24, 2.45) is 0 Å². The Morgan fingerprint density at radius 2 is 2.04 bits per heavy atom. The second kappa shape index (κ2) is 6.81. The first-order valence-corrected chi connectivity index (χ1v) is 8.52. The molecular weight excluding hydrogens is 431 g/mol. The molecule has 0 spiro atoms. The van der Waals surface area contributed by atoms with Crippen LogP contribution in [0, 0.1) is 11.3 Å². The predicted molar refractivity (Wildman–Crippen MR) is 79.2 cm³/mol.